The standard InChI is InChI=1S/C12H14N2O7/c15-4-7-1-6-3-14(11(18)13-10(6)20-7)12(19)2-8(17)9(5-16)21-12/h1,3,8-9,15-17,19H,2,4-5H2/t8-,9+,12-/m0/s1. The van der Waals surface area contributed by atoms with Crippen LogP contribution in [0.25, 0.3) is 11.1 Å². The Hall–Kier alpha value is -1.78. The highest BCUT2D eigenvalue weighted by Gasteiger charge is 2.47. The quantitative estimate of drug-likeness (QED) is 0.522. The van der Waals surface area contributed by atoms with Crippen LogP contribution in [-0.2, 0) is 17.3 Å². The molecule has 2 aromatic heterocycles. The molecule has 1 saturated heterocycles. The maximum atomic E-state index is 12.0. The second-order valence-corrected chi connectivity index (χ2v) is 4.88. The summed E-state index contributed by atoms with van der Waals surface area (Å²) in [6.45, 7) is -0.842. The average Bonchev–Trinajstić information content (AvgIpc) is 2.98. The second-order valence-electron chi connectivity index (χ2n) is 4.88. The number of aromatic nitrogens is 2. The number of ether oxygens (including phenoxy) is 1. The largest absolute Gasteiger partial charge is 0.440 e. The molecule has 0 spiro atoms. The lowest BCUT2D eigenvalue weighted by molar-refractivity contribution is -0.258. The Morgan fingerprint density at radius 3 is 2.86 bits per heavy atom. The third-order valence-electron chi connectivity index (χ3n) is 3.42. The van der Waals surface area contributed by atoms with E-state index in [1.54, 1.807) is 0 Å². The second kappa shape index (κ2) is 4.90. The van der Waals surface area contributed by atoms with Crippen LogP contribution >= 0.6 is 0 Å². The minimum atomic E-state index is -2.10. The zero-order chi connectivity index (χ0) is 15.2. The fourth-order valence-electron chi connectivity index (χ4n) is 2.38. The molecule has 9 heteroatoms. The Kier molecular flexibility index (Phi) is 3.30. The molecule has 21 heavy (non-hydrogen) atoms. The average molecular weight is 298 g/mol. The van der Waals surface area contributed by atoms with Crippen molar-refractivity contribution in [1.82, 2.24) is 9.55 Å². The van der Waals surface area contributed by atoms with Crippen molar-refractivity contribution in [2.24, 2.45) is 0 Å². The molecule has 0 aromatic carbocycles. The molecule has 1 aliphatic heterocycles. The molecule has 3 atom stereocenters. The molecule has 3 heterocycles. The van der Waals surface area contributed by atoms with Gasteiger partial charge < -0.3 is 29.6 Å². The molecular formula is C12H14N2O7. The summed E-state index contributed by atoms with van der Waals surface area (Å²) < 4.78 is 11.1. The topological polar surface area (TPSA) is 138 Å². The van der Waals surface area contributed by atoms with Crippen molar-refractivity contribution in [3.63, 3.8) is 0 Å². The van der Waals surface area contributed by atoms with Gasteiger partial charge in [-0.25, -0.2) is 9.36 Å². The molecule has 0 saturated carbocycles. The first-order chi connectivity index (χ1) is 9.96. The van der Waals surface area contributed by atoms with Crippen LogP contribution in [0.4, 0.5) is 0 Å². The van der Waals surface area contributed by atoms with Crippen LogP contribution in [-0.4, -0.2) is 48.8 Å². The van der Waals surface area contributed by atoms with Crippen LogP contribution in [0, 0.1) is 0 Å². The van der Waals surface area contributed by atoms with Crippen molar-refractivity contribution in [1.29, 1.82) is 0 Å². The Bertz CT molecular complexity index is 724. The van der Waals surface area contributed by atoms with E-state index in [0.717, 1.165) is 4.57 Å². The molecule has 2 aromatic rings. The van der Waals surface area contributed by atoms with E-state index < -0.39 is 30.4 Å². The molecule has 3 rings (SSSR count). The summed E-state index contributed by atoms with van der Waals surface area (Å²) in [6.07, 6.45) is -1.12. The fraction of sp³-hybridized carbons (Fsp3) is 0.500. The molecular weight excluding hydrogens is 284 g/mol. The van der Waals surface area contributed by atoms with Gasteiger partial charge in [0.1, 0.15) is 18.5 Å². The third kappa shape index (κ3) is 2.24. The van der Waals surface area contributed by atoms with E-state index in [-0.39, 0.29) is 24.5 Å². The lowest BCUT2D eigenvalue weighted by Crippen LogP contribution is -2.42. The zero-order valence-corrected chi connectivity index (χ0v) is 10.8. The van der Waals surface area contributed by atoms with Crippen LogP contribution in [0.3, 0.4) is 0 Å². The van der Waals surface area contributed by atoms with E-state index in [4.69, 9.17) is 19.4 Å². The number of rotatable bonds is 3. The van der Waals surface area contributed by atoms with E-state index in [2.05, 4.69) is 4.98 Å². The van der Waals surface area contributed by atoms with Crippen LogP contribution in [0.1, 0.15) is 12.2 Å². The lowest BCUT2D eigenvalue weighted by Gasteiger charge is -2.24. The van der Waals surface area contributed by atoms with Crippen LogP contribution in [0.15, 0.2) is 21.5 Å². The highest BCUT2D eigenvalue weighted by Crippen LogP contribution is 2.32. The molecule has 0 amide bonds. The van der Waals surface area contributed by atoms with Crippen LogP contribution < -0.4 is 5.69 Å². The van der Waals surface area contributed by atoms with E-state index in [9.17, 15) is 15.0 Å². The summed E-state index contributed by atoms with van der Waals surface area (Å²) in [4.78, 5) is 15.6. The van der Waals surface area contributed by atoms with Gasteiger partial charge in [0.2, 0.25) is 5.71 Å². The van der Waals surface area contributed by atoms with Crippen molar-refractivity contribution >= 4 is 11.1 Å². The fourth-order valence-corrected chi connectivity index (χ4v) is 2.38. The van der Waals surface area contributed by atoms with E-state index in [0.29, 0.717) is 5.39 Å². The number of aliphatic hydroxyl groups excluding tert-OH is 3. The Morgan fingerprint density at radius 2 is 2.24 bits per heavy atom. The maximum Gasteiger partial charge on any atom is 0.355 e. The molecule has 1 aliphatic rings. The smallest absolute Gasteiger partial charge is 0.355 e. The van der Waals surface area contributed by atoms with E-state index in [1.807, 2.05) is 0 Å². The number of aliphatic hydroxyl groups is 4. The summed E-state index contributed by atoms with van der Waals surface area (Å²) in [5.41, 5.74) is -0.809. The predicted molar refractivity (Wildman–Crippen MR) is 67.0 cm³/mol. The minimum absolute atomic E-state index is 0.0288. The summed E-state index contributed by atoms with van der Waals surface area (Å²) in [5.74, 6) is -1.87. The molecule has 0 radical (unpaired) electrons. The van der Waals surface area contributed by atoms with E-state index in [1.165, 1.54) is 12.3 Å². The zero-order valence-electron chi connectivity index (χ0n) is 10.8. The molecule has 1 fully saturated rings. The predicted octanol–water partition coefficient (Wildman–Crippen LogP) is -1.77. The maximum absolute atomic E-state index is 12.0. The molecule has 114 valence electrons. The minimum Gasteiger partial charge on any atom is -0.440 e. The number of fused-ring (bicyclic) bond motifs is 1. The number of furan rings is 1. The Balaban J connectivity index is 2.08. The van der Waals surface area contributed by atoms with Crippen molar-refractivity contribution in [3.8, 4) is 0 Å². The summed E-state index contributed by atoms with van der Waals surface area (Å²) in [5, 5.41) is 38.5. The molecule has 0 aliphatic carbocycles. The van der Waals surface area contributed by atoms with Gasteiger partial charge in [-0.2, -0.15) is 4.98 Å². The third-order valence-corrected chi connectivity index (χ3v) is 3.42. The molecule has 0 unspecified atom stereocenters. The monoisotopic (exact) mass is 298 g/mol. The molecule has 4 N–H and O–H groups in total. The number of hydrogen-bond acceptors (Lipinski definition) is 8. The van der Waals surface area contributed by atoms with Gasteiger partial charge in [-0.1, -0.05) is 0 Å². The summed E-state index contributed by atoms with van der Waals surface area (Å²) in [6, 6.07) is 1.47. The number of nitrogens with zero attached hydrogens (tertiary/aromatic N) is 2. The Morgan fingerprint density at radius 1 is 1.48 bits per heavy atom. The highest BCUT2D eigenvalue weighted by molar-refractivity contribution is 5.72. The van der Waals surface area contributed by atoms with Gasteiger partial charge >= 0.3 is 5.69 Å². The van der Waals surface area contributed by atoms with Crippen LogP contribution in [0.5, 0.6) is 0 Å². The van der Waals surface area contributed by atoms with Crippen molar-refractivity contribution in [2.75, 3.05) is 6.61 Å². The van der Waals surface area contributed by atoms with Gasteiger partial charge in [0.25, 0.3) is 5.91 Å². The first-order valence-electron chi connectivity index (χ1n) is 6.29. The molecule has 0 bridgehead atoms. The van der Waals surface area contributed by atoms with Gasteiger partial charge in [-0.3, -0.25) is 0 Å². The van der Waals surface area contributed by atoms with Crippen molar-refractivity contribution < 1.29 is 29.6 Å². The first-order valence-corrected chi connectivity index (χ1v) is 6.29. The van der Waals surface area contributed by atoms with Gasteiger partial charge in [0.15, 0.2) is 0 Å². The first kappa shape index (κ1) is 14.2. The Labute approximate surface area is 117 Å². The van der Waals surface area contributed by atoms with E-state index >= 15 is 0 Å². The number of hydrogen-bond donors (Lipinski definition) is 4. The lowest BCUT2D eigenvalue weighted by atomic mass is 10.2. The molecule has 9 nitrogen and oxygen atoms in total. The van der Waals surface area contributed by atoms with Crippen molar-refractivity contribution in [3.05, 3.63) is 28.5 Å². The van der Waals surface area contributed by atoms with Gasteiger partial charge in [0.05, 0.1) is 24.5 Å². The summed E-state index contributed by atoms with van der Waals surface area (Å²) in [7, 11) is 0. The van der Waals surface area contributed by atoms with Gasteiger partial charge in [0, 0.05) is 6.20 Å². The van der Waals surface area contributed by atoms with Crippen LogP contribution in [0.2, 0.25) is 0 Å². The highest BCUT2D eigenvalue weighted by atomic mass is 16.7. The van der Waals surface area contributed by atoms with Gasteiger partial charge in [-0.05, 0) is 6.07 Å². The van der Waals surface area contributed by atoms with Gasteiger partial charge in [-0.15, -0.1) is 0 Å². The summed E-state index contributed by atoms with van der Waals surface area (Å²) >= 11 is 0. The SMILES string of the molecule is O=c1nc2oc(CO)cc2cn1[C@]1(O)C[C@H](O)[C@@H](CO)O1. The normalized spacial score (nSPS) is 29.3. The van der Waals surface area contributed by atoms with Crippen molar-refractivity contribution in [2.45, 2.75) is 31.1 Å².